The predicted molar refractivity (Wildman–Crippen MR) is 70.1 cm³/mol. The average Bonchev–Trinajstić information content (AvgIpc) is 2.47. The van der Waals surface area contributed by atoms with Crippen LogP contribution in [0.1, 0.15) is 0 Å². The highest BCUT2D eigenvalue weighted by molar-refractivity contribution is 5.75. The van der Waals surface area contributed by atoms with Crippen molar-refractivity contribution in [1.29, 1.82) is 0 Å². The average molecular weight is 263 g/mol. The molecule has 1 heterocycles. The van der Waals surface area contributed by atoms with E-state index in [0.29, 0.717) is 23.0 Å². The molecular weight excluding hydrogens is 249 g/mol. The minimum Gasteiger partial charge on any atom is -0.496 e. The number of halogens is 1. The van der Waals surface area contributed by atoms with Crippen molar-refractivity contribution in [3.05, 3.63) is 30.2 Å². The summed E-state index contributed by atoms with van der Waals surface area (Å²) in [6.45, 7) is 0. The van der Waals surface area contributed by atoms with Crippen molar-refractivity contribution in [1.82, 2.24) is 9.97 Å². The number of anilines is 1. The van der Waals surface area contributed by atoms with Gasteiger partial charge in [-0.05, 0) is 12.1 Å². The van der Waals surface area contributed by atoms with Gasteiger partial charge in [-0.2, -0.15) is 0 Å². The molecule has 0 aliphatic carbocycles. The van der Waals surface area contributed by atoms with Crippen LogP contribution in [0, 0.1) is 5.82 Å². The maximum atomic E-state index is 14.0. The van der Waals surface area contributed by atoms with Crippen molar-refractivity contribution >= 4 is 5.95 Å². The third kappa shape index (κ3) is 2.42. The van der Waals surface area contributed by atoms with Crippen LogP contribution in [0.5, 0.6) is 11.5 Å². The first-order valence-electron chi connectivity index (χ1n) is 5.63. The summed E-state index contributed by atoms with van der Waals surface area (Å²) >= 11 is 0. The summed E-state index contributed by atoms with van der Waals surface area (Å²) in [5.74, 6) is 0.754. The Bertz CT molecular complexity index is 568. The lowest BCUT2D eigenvalue weighted by molar-refractivity contribution is 0.396. The van der Waals surface area contributed by atoms with E-state index in [1.807, 2.05) is 0 Å². The highest BCUT2D eigenvalue weighted by Gasteiger charge is 2.18. The molecule has 0 amide bonds. The topological polar surface area (TPSA) is 56.3 Å². The zero-order valence-electron chi connectivity index (χ0n) is 10.9. The summed E-state index contributed by atoms with van der Waals surface area (Å²) in [5, 5.41) is 2.77. The largest absolute Gasteiger partial charge is 0.496 e. The van der Waals surface area contributed by atoms with Crippen LogP contribution in [0.25, 0.3) is 11.3 Å². The van der Waals surface area contributed by atoms with Crippen molar-refractivity contribution in [2.75, 3.05) is 26.6 Å². The van der Waals surface area contributed by atoms with E-state index >= 15 is 0 Å². The van der Waals surface area contributed by atoms with Crippen LogP contribution >= 0.6 is 0 Å². The van der Waals surface area contributed by atoms with Crippen LogP contribution in [0.2, 0.25) is 0 Å². The normalized spacial score (nSPS) is 10.1. The molecule has 1 aromatic carbocycles. The van der Waals surface area contributed by atoms with Gasteiger partial charge in [-0.1, -0.05) is 6.07 Å². The van der Waals surface area contributed by atoms with E-state index < -0.39 is 5.82 Å². The molecule has 0 unspecified atom stereocenters. The number of benzene rings is 1. The van der Waals surface area contributed by atoms with Gasteiger partial charge in [-0.25, -0.2) is 14.4 Å². The summed E-state index contributed by atoms with van der Waals surface area (Å²) in [7, 11) is 4.68. The second-order valence-corrected chi connectivity index (χ2v) is 3.68. The quantitative estimate of drug-likeness (QED) is 0.917. The van der Waals surface area contributed by atoms with Crippen LogP contribution in [-0.2, 0) is 0 Å². The molecule has 19 heavy (non-hydrogen) atoms. The number of hydrogen-bond acceptors (Lipinski definition) is 5. The molecule has 2 aromatic rings. The zero-order valence-corrected chi connectivity index (χ0v) is 10.9. The van der Waals surface area contributed by atoms with Crippen molar-refractivity contribution < 1.29 is 13.9 Å². The molecule has 0 saturated heterocycles. The standard InChI is InChI=1S/C13H14FN3O2/c1-15-13-16-7-8(14)12(17-13)11-9(18-2)5-4-6-10(11)19-3/h4-7H,1-3H3,(H,15,16,17). The first-order valence-corrected chi connectivity index (χ1v) is 5.63. The Morgan fingerprint density at radius 1 is 1.16 bits per heavy atom. The molecule has 0 saturated carbocycles. The molecule has 0 fully saturated rings. The van der Waals surface area contributed by atoms with Crippen LogP contribution in [0.3, 0.4) is 0 Å². The fourth-order valence-corrected chi connectivity index (χ4v) is 1.75. The Labute approximate surface area is 110 Å². The molecule has 100 valence electrons. The summed E-state index contributed by atoms with van der Waals surface area (Å²) in [5.41, 5.74) is 0.595. The van der Waals surface area contributed by atoms with Gasteiger partial charge in [0.1, 0.15) is 17.2 Å². The first-order chi connectivity index (χ1) is 9.21. The SMILES string of the molecule is CNc1ncc(F)c(-c2c(OC)cccc2OC)n1. The summed E-state index contributed by atoms with van der Waals surface area (Å²) < 4.78 is 24.4. The van der Waals surface area contributed by atoms with Gasteiger partial charge < -0.3 is 14.8 Å². The second kappa shape index (κ2) is 5.51. The zero-order chi connectivity index (χ0) is 13.8. The third-order valence-electron chi connectivity index (χ3n) is 2.63. The Morgan fingerprint density at radius 2 is 1.79 bits per heavy atom. The predicted octanol–water partition coefficient (Wildman–Crippen LogP) is 2.34. The van der Waals surface area contributed by atoms with Gasteiger partial charge in [0.05, 0.1) is 26.0 Å². The molecule has 2 rings (SSSR count). The number of nitrogens with zero attached hydrogens (tertiary/aromatic N) is 2. The molecular formula is C13H14FN3O2. The maximum Gasteiger partial charge on any atom is 0.223 e. The lowest BCUT2D eigenvalue weighted by atomic mass is 10.1. The third-order valence-corrected chi connectivity index (χ3v) is 2.63. The van der Waals surface area contributed by atoms with Gasteiger partial charge in [0.2, 0.25) is 5.95 Å². The lowest BCUT2D eigenvalue weighted by Gasteiger charge is -2.13. The smallest absolute Gasteiger partial charge is 0.223 e. The Hall–Kier alpha value is -2.37. The lowest BCUT2D eigenvalue weighted by Crippen LogP contribution is -2.02. The van der Waals surface area contributed by atoms with E-state index in [9.17, 15) is 4.39 Å². The van der Waals surface area contributed by atoms with Gasteiger partial charge in [0, 0.05) is 7.05 Å². The van der Waals surface area contributed by atoms with Crippen molar-refractivity contribution in [2.24, 2.45) is 0 Å². The minimum atomic E-state index is -0.540. The van der Waals surface area contributed by atoms with Gasteiger partial charge in [0.25, 0.3) is 0 Å². The molecule has 1 aromatic heterocycles. The molecule has 0 spiro atoms. The molecule has 1 N–H and O–H groups in total. The van der Waals surface area contributed by atoms with Gasteiger partial charge in [0.15, 0.2) is 5.82 Å². The van der Waals surface area contributed by atoms with E-state index in [-0.39, 0.29) is 5.69 Å². The molecule has 0 aliphatic heterocycles. The highest BCUT2D eigenvalue weighted by Crippen LogP contribution is 2.38. The van der Waals surface area contributed by atoms with Crippen LogP contribution in [-0.4, -0.2) is 31.2 Å². The fraction of sp³-hybridized carbons (Fsp3) is 0.231. The van der Waals surface area contributed by atoms with Crippen LogP contribution < -0.4 is 14.8 Å². The van der Waals surface area contributed by atoms with Gasteiger partial charge in [-0.15, -0.1) is 0 Å². The molecule has 5 nitrogen and oxygen atoms in total. The number of nitrogens with one attached hydrogen (secondary N) is 1. The Kier molecular flexibility index (Phi) is 3.79. The Morgan fingerprint density at radius 3 is 2.32 bits per heavy atom. The molecule has 6 heteroatoms. The molecule has 0 aliphatic rings. The fourth-order valence-electron chi connectivity index (χ4n) is 1.75. The Balaban J connectivity index is 2.69. The van der Waals surface area contributed by atoms with E-state index in [1.54, 1.807) is 25.2 Å². The molecule has 0 atom stereocenters. The maximum absolute atomic E-state index is 14.0. The number of rotatable bonds is 4. The summed E-state index contributed by atoms with van der Waals surface area (Å²) in [6, 6.07) is 5.20. The van der Waals surface area contributed by atoms with Gasteiger partial charge in [-0.3, -0.25) is 0 Å². The van der Waals surface area contributed by atoms with E-state index in [1.165, 1.54) is 14.2 Å². The number of aromatic nitrogens is 2. The monoisotopic (exact) mass is 263 g/mol. The van der Waals surface area contributed by atoms with Crippen LogP contribution in [0.15, 0.2) is 24.4 Å². The highest BCUT2D eigenvalue weighted by atomic mass is 19.1. The second-order valence-electron chi connectivity index (χ2n) is 3.68. The van der Waals surface area contributed by atoms with E-state index in [2.05, 4.69) is 15.3 Å². The van der Waals surface area contributed by atoms with E-state index in [4.69, 9.17) is 9.47 Å². The number of methoxy groups -OCH3 is 2. The number of hydrogen-bond donors (Lipinski definition) is 1. The van der Waals surface area contributed by atoms with Crippen molar-refractivity contribution in [3.63, 3.8) is 0 Å². The molecule has 0 radical (unpaired) electrons. The summed E-state index contributed by atoms with van der Waals surface area (Å²) in [4.78, 5) is 7.94. The van der Waals surface area contributed by atoms with Crippen LogP contribution in [0.4, 0.5) is 10.3 Å². The molecule has 0 bridgehead atoms. The van der Waals surface area contributed by atoms with Crippen molar-refractivity contribution in [2.45, 2.75) is 0 Å². The van der Waals surface area contributed by atoms with Crippen molar-refractivity contribution in [3.8, 4) is 22.8 Å². The minimum absolute atomic E-state index is 0.133. The van der Waals surface area contributed by atoms with Gasteiger partial charge >= 0.3 is 0 Å². The van der Waals surface area contributed by atoms with E-state index in [0.717, 1.165) is 6.20 Å². The summed E-state index contributed by atoms with van der Waals surface area (Å²) in [6.07, 6.45) is 1.11. The first kappa shape index (κ1) is 13.1. The number of ether oxygens (including phenoxy) is 2.